The Morgan fingerprint density at radius 1 is 0.818 bits per heavy atom. The van der Waals surface area contributed by atoms with Gasteiger partial charge < -0.3 is 4.74 Å². The van der Waals surface area contributed by atoms with Crippen molar-refractivity contribution in [3.63, 3.8) is 0 Å². The molecule has 33 heavy (non-hydrogen) atoms. The van der Waals surface area contributed by atoms with Crippen LogP contribution in [-0.4, -0.2) is 16.7 Å². The molecule has 0 heterocycles. The first kappa shape index (κ1) is 23.1. The van der Waals surface area contributed by atoms with Gasteiger partial charge in [0.15, 0.2) is 0 Å². The molecule has 0 aliphatic heterocycles. The molecule has 0 saturated heterocycles. The molecule has 0 spiro atoms. The molecule has 0 amide bonds. The van der Waals surface area contributed by atoms with Crippen molar-refractivity contribution in [2.24, 2.45) is 0 Å². The van der Waals surface area contributed by atoms with Crippen LogP contribution in [0.4, 0.5) is 0 Å². The summed E-state index contributed by atoms with van der Waals surface area (Å²) in [5.74, 6) is 0.822. The van der Waals surface area contributed by atoms with E-state index in [0.29, 0.717) is 6.61 Å². The van der Waals surface area contributed by atoms with Gasteiger partial charge in [-0.2, -0.15) is 0 Å². The second-order valence-corrected chi connectivity index (χ2v) is 10.0. The number of hydrogen-bond donors (Lipinski definition) is 0. The van der Waals surface area contributed by atoms with Crippen molar-refractivity contribution in [1.82, 2.24) is 0 Å². The zero-order valence-electron chi connectivity index (χ0n) is 18.7. The maximum absolute atomic E-state index is 12.3. The molecule has 2 nitrogen and oxygen atoms in total. The van der Waals surface area contributed by atoms with Crippen molar-refractivity contribution in [1.29, 1.82) is 0 Å². The number of rotatable bonds is 8. The van der Waals surface area contributed by atoms with E-state index in [1.54, 1.807) is 6.26 Å². The van der Waals surface area contributed by atoms with Crippen LogP contribution in [0, 0.1) is 0 Å². The standard InChI is InChI=1S/C29H26O2S2/c1-32-29(33(2)30)20-26-18-24(23-12-7-4-8-13-23)16-17-28(26)25-14-9-15-27(19-25)31-21-22-10-5-3-6-11-22/h3-20H,21H2,1-2H3/b29-20+. The Morgan fingerprint density at radius 3 is 2.21 bits per heavy atom. The van der Waals surface area contributed by atoms with Crippen molar-refractivity contribution in [3.05, 3.63) is 118 Å². The summed E-state index contributed by atoms with van der Waals surface area (Å²) in [5, 5.41) is 0. The summed E-state index contributed by atoms with van der Waals surface area (Å²) in [7, 11) is -1.05. The Kier molecular flexibility index (Phi) is 7.82. The van der Waals surface area contributed by atoms with Gasteiger partial charge >= 0.3 is 0 Å². The van der Waals surface area contributed by atoms with Crippen LogP contribution in [0.1, 0.15) is 11.1 Å². The lowest BCUT2D eigenvalue weighted by atomic mass is 9.95. The van der Waals surface area contributed by atoms with Crippen LogP contribution in [0.15, 0.2) is 107 Å². The van der Waals surface area contributed by atoms with E-state index in [4.69, 9.17) is 4.74 Å². The third-order valence-electron chi connectivity index (χ3n) is 5.31. The average Bonchev–Trinajstić information content (AvgIpc) is 2.87. The third-order valence-corrected chi connectivity index (χ3v) is 7.72. The highest BCUT2D eigenvalue weighted by Gasteiger charge is 2.10. The maximum atomic E-state index is 12.3. The Hall–Kier alpha value is -3.08. The minimum absolute atomic E-state index is 0.523. The fraction of sp³-hybridized carbons (Fsp3) is 0.103. The fourth-order valence-electron chi connectivity index (χ4n) is 3.64. The Labute approximate surface area is 202 Å². The molecule has 4 rings (SSSR count). The molecule has 0 fully saturated rings. The molecule has 0 bridgehead atoms. The Morgan fingerprint density at radius 2 is 1.52 bits per heavy atom. The smallest absolute Gasteiger partial charge is 0.120 e. The van der Waals surface area contributed by atoms with Gasteiger partial charge in [0.1, 0.15) is 12.4 Å². The summed E-state index contributed by atoms with van der Waals surface area (Å²) in [6.45, 7) is 0.523. The van der Waals surface area contributed by atoms with Gasteiger partial charge in [0, 0.05) is 6.26 Å². The molecule has 1 unspecified atom stereocenters. The van der Waals surface area contributed by atoms with Gasteiger partial charge in [-0.3, -0.25) is 4.21 Å². The van der Waals surface area contributed by atoms with E-state index in [0.717, 1.165) is 43.4 Å². The minimum atomic E-state index is -1.05. The summed E-state index contributed by atoms with van der Waals surface area (Å²) < 4.78 is 19.2. The Balaban J connectivity index is 1.72. The molecule has 0 aromatic heterocycles. The highest BCUT2D eigenvalue weighted by atomic mass is 32.2. The summed E-state index contributed by atoms with van der Waals surface area (Å²) >= 11 is 1.52. The number of thioether (sulfide) groups is 1. The van der Waals surface area contributed by atoms with Gasteiger partial charge in [-0.05, 0) is 63.9 Å². The first-order valence-electron chi connectivity index (χ1n) is 10.7. The maximum Gasteiger partial charge on any atom is 0.120 e. The zero-order valence-corrected chi connectivity index (χ0v) is 20.4. The fourth-order valence-corrected chi connectivity index (χ4v) is 5.11. The van der Waals surface area contributed by atoms with Crippen molar-refractivity contribution < 1.29 is 8.95 Å². The molecule has 4 heteroatoms. The predicted octanol–water partition coefficient (Wildman–Crippen LogP) is 7.64. The van der Waals surface area contributed by atoms with Crippen LogP contribution in [0.5, 0.6) is 5.75 Å². The van der Waals surface area contributed by atoms with Crippen molar-refractivity contribution in [3.8, 4) is 28.0 Å². The van der Waals surface area contributed by atoms with E-state index >= 15 is 0 Å². The van der Waals surface area contributed by atoms with Crippen LogP contribution in [-0.2, 0) is 17.4 Å². The number of hydrogen-bond acceptors (Lipinski definition) is 3. The predicted molar refractivity (Wildman–Crippen MR) is 144 cm³/mol. The van der Waals surface area contributed by atoms with E-state index in [9.17, 15) is 4.21 Å². The van der Waals surface area contributed by atoms with E-state index in [1.165, 1.54) is 11.8 Å². The lowest BCUT2D eigenvalue weighted by Gasteiger charge is -2.13. The highest BCUT2D eigenvalue weighted by molar-refractivity contribution is 8.16. The van der Waals surface area contributed by atoms with Gasteiger partial charge in [-0.1, -0.05) is 84.9 Å². The molecule has 0 aliphatic carbocycles. The summed E-state index contributed by atoms with van der Waals surface area (Å²) in [4.78, 5) is 0. The normalized spacial score (nSPS) is 12.4. The minimum Gasteiger partial charge on any atom is -0.489 e. The lowest BCUT2D eigenvalue weighted by Crippen LogP contribution is -1.95. The Bertz CT molecular complexity index is 1270. The van der Waals surface area contributed by atoms with Gasteiger partial charge in [-0.25, -0.2) is 0 Å². The third kappa shape index (κ3) is 6.04. The van der Waals surface area contributed by atoms with Gasteiger partial charge in [0.05, 0.1) is 15.0 Å². The quantitative estimate of drug-likeness (QED) is 0.265. The molecule has 0 radical (unpaired) electrons. The van der Waals surface area contributed by atoms with Crippen molar-refractivity contribution in [2.75, 3.05) is 12.5 Å². The first-order valence-corrected chi connectivity index (χ1v) is 13.5. The molecule has 1 atom stereocenters. The molecule has 0 N–H and O–H groups in total. The molecule has 166 valence electrons. The summed E-state index contributed by atoms with van der Waals surface area (Å²) in [6, 6.07) is 35.1. The second-order valence-electron chi connectivity index (χ2n) is 7.59. The lowest BCUT2D eigenvalue weighted by molar-refractivity contribution is 0.306. The van der Waals surface area contributed by atoms with Gasteiger partial charge in [-0.15, -0.1) is 11.8 Å². The van der Waals surface area contributed by atoms with E-state index in [1.807, 2.05) is 60.9 Å². The molecule has 4 aromatic rings. The number of benzene rings is 4. The van der Waals surface area contributed by atoms with Crippen LogP contribution in [0.25, 0.3) is 28.3 Å². The van der Waals surface area contributed by atoms with Gasteiger partial charge in [0.2, 0.25) is 0 Å². The molecule has 4 aromatic carbocycles. The zero-order chi connectivity index (χ0) is 23.0. The highest BCUT2D eigenvalue weighted by Crippen LogP contribution is 2.33. The first-order chi connectivity index (χ1) is 16.1. The number of ether oxygens (including phenoxy) is 1. The molecular weight excluding hydrogens is 444 g/mol. The van der Waals surface area contributed by atoms with Crippen molar-refractivity contribution >= 4 is 28.6 Å². The topological polar surface area (TPSA) is 26.3 Å². The van der Waals surface area contributed by atoms with E-state index in [2.05, 4.69) is 54.6 Å². The monoisotopic (exact) mass is 470 g/mol. The van der Waals surface area contributed by atoms with Gasteiger partial charge in [0.25, 0.3) is 0 Å². The van der Waals surface area contributed by atoms with E-state index in [-0.39, 0.29) is 0 Å². The molecule has 0 aliphatic rings. The molecular formula is C29H26O2S2. The van der Waals surface area contributed by atoms with Crippen LogP contribution >= 0.6 is 11.8 Å². The molecule has 0 saturated carbocycles. The second kappa shape index (κ2) is 11.2. The largest absolute Gasteiger partial charge is 0.489 e. The van der Waals surface area contributed by atoms with Crippen LogP contribution in [0.3, 0.4) is 0 Å². The van der Waals surface area contributed by atoms with Crippen LogP contribution in [0.2, 0.25) is 0 Å². The average molecular weight is 471 g/mol. The summed E-state index contributed by atoms with van der Waals surface area (Å²) in [5.41, 5.74) is 6.60. The summed E-state index contributed by atoms with van der Waals surface area (Å²) in [6.07, 6.45) is 5.73. The van der Waals surface area contributed by atoms with Crippen LogP contribution < -0.4 is 4.74 Å². The van der Waals surface area contributed by atoms with Crippen molar-refractivity contribution in [2.45, 2.75) is 6.61 Å². The van der Waals surface area contributed by atoms with E-state index < -0.39 is 10.8 Å². The SMILES string of the molecule is CS/C(=C\c1cc(-c2ccccc2)ccc1-c1cccc(OCc2ccccc2)c1)S(C)=O.